The van der Waals surface area contributed by atoms with E-state index >= 15 is 0 Å². The molecule has 2 N–H and O–H groups in total. The zero-order valence-electron chi connectivity index (χ0n) is 14.6. The van der Waals surface area contributed by atoms with Crippen LogP contribution in [0.25, 0.3) is 0 Å². The maximum Gasteiger partial charge on any atom is 0.220 e. The lowest BCUT2D eigenvalue weighted by Crippen LogP contribution is -2.49. The van der Waals surface area contributed by atoms with Gasteiger partial charge in [0.1, 0.15) is 0 Å². The minimum Gasteiger partial charge on any atom is -0.374 e. The molecule has 1 amide bonds. The molecule has 2 aliphatic rings. The number of nitrogens with one attached hydrogen (secondary N) is 2. The maximum atomic E-state index is 12.1. The Bertz CT molecular complexity index is 716. The Hall–Kier alpha value is -1.45. The lowest BCUT2D eigenvalue weighted by molar-refractivity contribution is -0.122. The van der Waals surface area contributed by atoms with E-state index < -0.39 is 10.0 Å². The second-order valence-corrected chi connectivity index (χ2v) is 8.73. The number of nitrogens with zero attached hydrogens (tertiary/aromatic N) is 2. The molecule has 0 radical (unpaired) electrons. The van der Waals surface area contributed by atoms with Crippen molar-refractivity contribution in [2.75, 3.05) is 32.5 Å². The molecule has 1 atom stereocenters. The summed E-state index contributed by atoms with van der Waals surface area (Å²) >= 11 is 0. The largest absolute Gasteiger partial charge is 0.374 e. The number of rotatable bonds is 6. The predicted molar refractivity (Wildman–Crippen MR) is 92.7 cm³/mol. The maximum absolute atomic E-state index is 12.1. The van der Waals surface area contributed by atoms with Gasteiger partial charge in [0.2, 0.25) is 15.9 Å². The Balaban J connectivity index is 1.43. The van der Waals surface area contributed by atoms with Crippen LogP contribution in [-0.2, 0) is 38.8 Å². The van der Waals surface area contributed by atoms with Gasteiger partial charge in [-0.25, -0.2) is 8.42 Å². The average Bonchev–Trinajstić information content (AvgIpc) is 3.01. The van der Waals surface area contributed by atoms with Crippen LogP contribution in [-0.4, -0.2) is 67.4 Å². The van der Waals surface area contributed by atoms with Crippen LogP contribution in [0.4, 0.5) is 0 Å². The first kappa shape index (κ1) is 18.3. The summed E-state index contributed by atoms with van der Waals surface area (Å²) in [6.07, 6.45) is 6.36. The molecule has 1 aliphatic heterocycles. The number of aromatic amines is 1. The monoisotopic (exact) mass is 370 g/mol. The summed E-state index contributed by atoms with van der Waals surface area (Å²) in [5.74, 6) is -0.0624. The molecule has 1 aromatic heterocycles. The molecule has 0 saturated carbocycles. The quantitative estimate of drug-likeness (QED) is 0.733. The number of fused-ring (bicyclic) bond motifs is 1. The molecule has 3 rings (SSSR count). The Morgan fingerprint density at radius 2 is 2.20 bits per heavy atom. The predicted octanol–water partition coefficient (Wildman–Crippen LogP) is -0.00230. The van der Waals surface area contributed by atoms with Gasteiger partial charge in [-0.2, -0.15) is 9.40 Å². The number of amides is 1. The highest BCUT2D eigenvalue weighted by molar-refractivity contribution is 7.88. The first-order chi connectivity index (χ1) is 11.9. The molecule has 1 aromatic rings. The van der Waals surface area contributed by atoms with Crippen LogP contribution in [0.2, 0.25) is 0 Å². The van der Waals surface area contributed by atoms with Crippen molar-refractivity contribution in [3.05, 3.63) is 17.0 Å². The van der Waals surface area contributed by atoms with E-state index in [2.05, 4.69) is 15.5 Å². The van der Waals surface area contributed by atoms with Crippen molar-refractivity contribution >= 4 is 15.9 Å². The Morgan fingerprint density at radius 3 is 3.00 bits per heavy atom. The van der Waals surface area contributed by atoms with Gasteiger partial charge in [0.25, 0.3) is 0 Å². The molecule has 1 fully saturated rings. The van der Waals surface area contributed by atoms with Crippen LogP contribution in [0.1, 0.15) is 36.2 Å². The number of carbonyl (C=O) groups is 1. The third-order valence-electron chi connectivity index (χ3n) is 4.83. The highest BCUT2D eigenvalue weighted by Crippen LogP contribution is 2.22. The van der Waals surface area contributed by atoms with Crippen LogP contribution in [0.15, 0.2) is 0 Å². The zero-order valence-corrected chi connectivity index (χ0v) is 15.4. The first-order valence-electron chi connectivity index (χ1n) is 8.82. The number of H-pyrrole nitrogens is 1. The van der Waals surface area contributed by atoms with E-state index in [1.54, 1.807) is 0 Å². The van der Waals surface area contributed by atoms with Gasteiger partial charge >= 0.3 is 0 Å². The van der Waals surface area contributed by atoms with Gasteiger partial charge in [0.15, 0.2) is 0 Å². The summed E-state index contributed by atoms with van der Waals surface area (Å²) < 4.78 is 30.1. The van der Waals surface area contributed by atoms with Gasteiger partial charge in [0.05, 0.1) is 24.7 Å². The molecule has 25 heavy (non-hydrogen) atoms. The minimum atomic E-state index is -3.22. The summed E-state index contributed by atoms with van der Waals surface area (Å²) in [4.78, 5) is 12.1. The standard InChI is InChI=1S/C16H26N4O4S/c1-25(22,23)20-8-9-24-12(11-20)10-17-16(21)7-6-15-13-4-2-3-5-14(13)18-19-15/h12H,2-11H2,1H3,(H,17,21)(H,18,19)/t12-/m0/s1. The third-order valence-corrected chi connectivity index (χ3v) is 6.10. The van der Waals surface area contributed by atoms with E-state index in [-0.39, 0.29) is 18.6 Å². The van der Waals surface area contributed by atoms with Crippen LogP contribution in [0.3, 0.4) is 0 Å². The molecular formula is C16H26N4O4S. The molecule has 8 nitrogen and oxygen atoms in total. The van der Waals surface area contributed by atoms with E-state index in [1.165, 1.54) is 34.7 Å². The summed E-state index contributed by atoms with van der Waals surface area (Å²) in [7, 11) is -3.22. The number of carbonyl (C=O) groups excluding carboxylic acids is 1. The van der Waals surface area contributed by atoms with Crippen LogP contribution < -0.4 is 5.32 Å². The number of aromatic nitrogens is 2. The lowest BCUT2D eigenvalue weighted by Gasteiger charge is -2.31. The van der Waals surface area contributed by atoms with Crippen molar-refractivity contribution in [3.8, 4) is 0 Å². The van der Waals surface area contributed by atoms with Crippen molar-refractivity contribution in [1.82, 2.24) is 19.8 Å². The van der Waals surface area contributed by atoms with E-state index in [0.29, 0.717) is 32.5 Å². The number of morpholine rings is 1. The summed E-state index contributed by atoms with van der Waals surface area (Å²) in [5.41, 5.74) is 3.51. The molecule has 140 valence electrons. The second-order valence-electron chi connectivity index (χ2n) is 6.75. The van der Waals surface area contributed by atoms with Crippen LogP contribution in [0, 0.1) is 0 Å². The highest BCUT2D eigenvalue weighted by atomic mass is 32.2. The average molecular weight is 370 g/mol. The zero-order chi connectivity index (χ0) is 17.9. The smallest absolute Gasteiger partial charge is 0.220 e. The number of sulfonamides is 1. The highest BCUT2D eigenvalue weighted by Gasteiger charge is 2.26. The van der Waals surface area contributed by atoms with Crippen molar-refractivity contribution in [3.63, 3.8) is 0 Å². The van der Waals surface area contributed by atoms with Gasteiger partial charge in [-0.15, -0.1) is 0 Å². The van der Waals surface area contributed by atoms with E-state index in [9.17, 15) is 13.2 Å². The van der Waals surface area contributed by atoms with Crippen molar-refractivity contribution in [1.29, 1.82) is 0 Å². The lowest BCUT2D eigenvalue weighted by atomic mass is 9.94. The molecule has 1 aliphatic carbocycles. The fraction of sp³-hybridized carbons (Fsp3) is 0.750. The molecular weight excluding hydrogens is 344 g/mol. The van der Waals surface area contributed by atoms with Gasteiger partial charge in [-0.05, 0) is 31.2 Å². The minimum absolute atomic E-state index is 0.0624. The van der Waals surface area contributed by atoms with Gasteiger partial charge in [0, 0.05) is 38.2 Å². The van der Waals surface area contributed by atoms with E-state index in [0.717, 1.165) is 18.5 Å². The normalized spacial score (nSPS) is 21.7. The van der Waals surface area contributed by atoms with Crippen molar-refractivity contribution < 1.29 is 17.9 Å². The Morgan fingerprint density at radius 1 is 1.40 bits per heavy atom. The van der Waals surface area contributed by atoms with Gasteiger partial charge < -0.3 is 10.1 Å². The van der Waals surface area contributed by atoms with Crippen LogP contribution in [0.5, 0.6) is 0 Å². The number of aryl methyl sites for hydroxylation is 2. The molecule has 0 spiro atoms. The molecule has 0 bridgehead atoms. The summed E-state index contributed by atoms with van der Waals surface area (Å²) in [6, 6.07) is 0. The van der Waals surface area contributed by atoms with Crippen molar-refractivity contribution in [2.45, 2.75) is 44.6 Å². The fourth-order valence-corrected chi connectivity index (χ4v) is 4.26. The Labute approximate surface area is 148 Å². The van der Waals surface area contributed by atoms with E-state index in [4.69, 9.17) is 4.74 Å². The fourth-order valence-electron chi connectivity index (χ4n) is 3.42. The van der Waals surface area contributed by atoms with Gasteiger partial charge in [-0.1, -0.05) is 0 Å². The molecule has 0 aromatic carbocycles. The summed E-state index contributed by atoms with van der Waals surface area (Å²) in [5, 5.41) is 10.3. The number of hydrogen-bond donors (Lipinski definition) is 2. The number of hydrogen-bond acceptors (Lipinski definition) is 5. The van der Waals surface area contributed by atoms with E-state index in [1.807, 2.05) is 0 Å². The topological polar surface area (TPSA) is 104 Å². The van der Waals surface area contributed by atoms with Crippen LogP contribution >= 0.6 is 0 Å². The number of ether oxygens (including phenoxy) is 1. The molecule has 9 heteroatoms. The molecule has 2 heterocycles. The molecule has 1 saturated heterocycles. The van der Waals surface area contributed by atoms with Gasteiger partial charge in [-0.3, -0.25) is 9.89 Å². The third kappa shape index (κ3) is 4.80. The van der Waals surface area contributed by atoms with Crippen molar-refractivity contribution in [2.24, 2.45) is 0 Å². The first-order valence-corrected chi connectivity index (χ1v) is 10.7. The molecule has 0 unspecified atom stereocenters. The SMILES string of the molecule is CS(=O)(=O)N1CCO[C@@H](CNC(=O)CCc2n[nH]c3c2CCCC3)C1. The second kappa shape index (κ2) is 7.84. The summed E-state index contributed by atoms with van der Waals surface area (Å²) in [6.45, 7) is 1.33. The Kier molecular flexibility index (Phi) is 5.75.